The summed E-state index contributed by atoms with van der Waals surface area (Å²) in [5, 5.41) is 3.48. The average molecular weight is 259 g/mol. The molecule has 104 valence electrons. The van der Waals surface area contributed by atoms with Gasteiger partial charge in [-0.1, -0.05) is 26.2 Å². The van der Waals surface area contributed by atoms with Gasteiger partial charge >= 0.3 is 0 Å². The molecule has 2 fully saturated rings. The normalized spacial score (nSPS) is 31.2. The monoisotopic (exact) mass is 259 g/mol. The molecular formula is C16H25N3. The van der Waals surface area contributed by atoms with E-state index in [1.54, 1.807) is 5.69 Å². The minimum Gasteiger partial charge on any atom is -0.328 e. The van der Waals surface area contributed by atoms with E-state index in [-0.39, 0.29) is 0 Å². The van der Waals surface area contributed by atoms with Gasteiger partial charge in [-0.05, 0) is 25.2 Å². The second-order valence-electron chi connectivity index (χ2n) is 6.78. The van der Waals surface area contributed by atoms with Gasteiger partial charge in [0.1, 0.15) is 5.82 Å². The molecule has 2 unspecified atom stereocenters. The molecular weight excluding hydrogens is 234 g/mol. The highest BCUT2D eigenvalue weighted by atomic mass is 15.2. The van der Waals surface area contributed by atoms with Crippen LogP contribution in [0.15, 0.2) is 0 Å². The number of imidazole rings is 1. The smallest absolute Gasteiger partial charge is 0.112 e. The number of hydrogen-bond acceptors (Lipinski definition) is 2. The minimum absolute atomic E-state index is 0.743. The van der Waals surface area contributed by atoms with Gasteiger partial charge in [0, 0.05) is 37.2 Å². The van der Waals surface area contributed by atoms with E-state index >= 15 is 0 Å². The van der Waals surface area contributed by atoms with Crippen LogP contribution in [0.2, 0.25) is 0 Å². The lowest BCUT2D eigenvalue weighted by Gasteiger charge is -2.23. The van der Waals surface area contributed by atoms with Gasteiger partial charge in [-0.3, -0.25) is 0 Å². The summed E-state index contributed by atoms with van der Waals surface area (Å²) in [4.78, 5) is 5.07. The molecule has 3 aliphatic rings. The van der Waals surface area contributed by atoms with Crippen LogP contribution in [0.25, 0.3) is 0 Å². The summed E-state index contributed by atoms with van der Waals surface area (Å²) in [6.07, 6.45) is 9.52. The lowest BCUT2D eigenvalue weighted by Crippen LogP contribution is -2.25. The SMILES string of the molecule is CC1CC1n1c(C2CCCCC2)nc2c1CCNC2. The Morgan fingerprint density at radius 1 is 1.21 bits per heavy atom. The van der Waals surface area contributed by atoms with E-state index in [9.17, 15) is 0 Å². The molecule has 2 aliphatic carbocycles. The molecule has 1 aliphatic heterocycles. The molecule has 0 bridgehead atoms. The highest BCUT2D eigenvalue weighted by Gasteiger charge is 2.39. The second kappa shape index (κ2) is 4.62. The molecule has 0 spiro atoms. The molecule has 4 rings (SSSR count). The van der Waals surface area contributed by atoms with Crippen LogP contribution in [0, 0.1) is 5.92 Å². The molecule has 2 saturated carbocycles. The molecule has 1 aromatic rings. The lowest BCUT2D eigenvalue weighted by atomic mass is 9.88. The predicted molar refractivity (Wildman–Crippen MR) is 76.3 cm³/mol. The molecule has 1 N–H and O–H groups in total. The number of nitrogens with one attached hydrogen (secondary N) is 1. The van der Waals surface area contributed by atoms with Crippen LogP contribution in [-0.4, -0.2) is 16.1 Å². The fraction of sp³-hybridized carbons (Fsp3) is 0.812. The Hall–Kier alpha value is -0.830. The van der Waals surface area contributed by atoms with Crippen molar-refractivity contribution in [1.82, 2.24) is 14.9 Å². The van der Waals surface area contributed by atoms with Gasteiger partial charge in [0.15, 0.2) is 0 Å². The maximum absolute atomic E-state index is 5.07. The van der Waals surface area contributed by atoms with Gasteiger partial charge in [-0.15, -0.1) is 0 Å². The van der Waals surface area contributed by atoms with Crippen molar-refractivity contribution in [3.05, 3.63) is 17.2 Å². The van der Waals surface area contributed by atoms with Gasteiger partial charge in [0.25, 0.3) is 0 Å². The Kier molecular flexibility index (Phi) is 2.91. The van der Waals surface area contributed by atoms with E-state index in [1.165, 1.54) is 56.5 Å². The first kappa shape index (κ1) is 12.0. The van der Waals surface area contributed by atoms with E-state index < -0.39 is 0 Å². The molecule has 3 heteroatoms. The van der Waals surface area contributed by atoms with Crippen molar-refractivity contribution in [3.63, 3.8) is 0 Å². The first-order valence-corrected chi connectivity index (χ1v) is 8.15. The molecule has 0 aromatic carbocycles. The minimum atomic E-state index is 0.743. The standard InChI is InChI=1S/C16H25N3/c1-11-9-15(11)19-14-7-8-17-10-13(14)18-16(19)12-5-3-2-4-6-12/h11-12,15,17H,2-10H2,1H3. The zero-order valence-corrected chi connectivity index (χ0v) is 12.0. The number of fused-ring (bicyclic) bond motifs is 1. The van der Waals surface area contributed by atoms with E-state index in [2.05, 4.69) is 16.8 Å². The average Bonchev–Trinajstić information content (AvgIpc) is 3.04. The summed E-state index contributed by atoms with van der Waals surface area (Å²) in [6.45, 7) is 4.51. The van der Waals surface area contributed by atoms with Crippen molar-refractivity contribution in [1.29, 1.82) is 0 Å². The fourth-order valence-electron chi connectivity index (χ4n) is 4.03. The zero-order chi connectivity index (χ0) is 12.8. The summed E-state index contributed by atoms with van der Waals surface area (Å²) in [7, 11) is 0. The fourth-order valence-corrected chi connectivity index (χ4v) is 4.03. The van der Waals surface area contributed by atoms with Crippen molar-refractivity contribution in [2.75, 3.05) is 6.54 Å². The topological polar surface area (TPSA) is 29.9 Å². The first-order valence-electron chi connectivity index (χ1n) is 8.15. The Balaban J connectivity index is 1.73. The quantitative estimate of drug-likeness (QED) is 0.884. The molecule has 0 saturated heterocycles. The molecule has 19 heavy (non-hydrogen) atoms. The largest absolute Gasteiger partial charge is 0.328 e. The van der Waals surface area contributed by atoms with Crippen molar-refractivity contribution >= 4 is 0 Å². The zero-order valence-electron chi connectivity index (χ0n) is 12.0. The molecule has 2 heterocycles. The van der Waals surface area contributed by atoms with Crippen LogP contribution in [0.3, 0.4) is 0 Å². The maximum atomic E-state index is 5.07. The van der Waals surface area contributed by atoms with Crippen LogP contribution in [-0.2, 0) is 13.0 Å². The Morgan fingerprint density at radius 3 is 2.74 bits per heavy atom. The van der Waals surface area contributed by atoms with Crippen LogP contribution in [0.4, 0.5) is 0 Å². The van der Waals surface area contributed by atoms with Crippen LogP contribution in [0.5, 0.6) is 0 Å². The molecule has 1 aromatic heterocycles. The van der Waals surface area contributed by atoms with Crippen molar-refractivity contribution in [2.45, 2.75) is 70.4 Å². The van der Waals surface area contributed by atoms with E-state index in [0.29, 0.717) is 0 Å². The Labute approximate surface area is 115 Å². The second-order valence-corrected chi connectivity index (χ2v) is 6.78. The van der Waals surface area contributed by atoms with Crippen molar-refractivity contribution in [2.24, 2.45) is 5.92 Å². The summed E-state index contributed by atoms with van der Waals surface area (Å²) >= 11 is 0. The van der Waals surface area contributed by atoms with Crippen LogP contribution in [0.1, 0.15) is 74.6 Å². The summed E-state index contributed by atoms with van der Waals surface area (Å²) in [6, 6.07) is 0.770. The maximum Gasteiger partial charge on any atom is 0.112 e. The highest BCUT2D eigenvalue weighted by molar-refractivity contribution is 5.25. The van der Waals surface area contributed by atoms with E-state index in [1.807, 2.05) is 0 Å². The molecule has 0 radical (unpaired) electrons. The van der Waals surface area contributed by atoms with Gasteiger partial charge in [0.05, 0.1) is 5.69 Å². The van der Waals surface area contributed by atoms with Crippen LogP contribution >= 0.6 is 0 Å². The third kappa shape index (κ3) is 2.03. The molecule has 2 atom stereocenters. The summed E-state index contributed by atoms with van der Waals surface area (Å²) in [5.74, 6) is 3.06. The number of hydrogen-bond donors (Lipinski definition) is 1. The molecule has 0 amide bonds. The van der Waals surface area contributed by atoms with Crippen molar-refractivity contribution < 1.29 is 0 Å². The van der Waals surface area contributed by atoms with Gasteiger partial charge in [0.2, 0.25) is 0 Å². The van der Waals surface area contributed by atoms with Crippen LogP contribution < -0.4 is 5.32 Å². The number of nitrogens with zero attached hydrogens (tertiary/aromatic N) is 2. The van der Waals surface area contributed by atoms with E-state index in [4.69, 9.17) is 4.98 Å². The summed E-state index contributed by atoms with van der Waals surface area (Å²) < 4.78 is 2.68. The third-order valence-electron chi connectivity index (χ3n) is 5.32. The highest BCUT2D eigenvalue weighted by Crippen LogP contribution is 2.47. The first-order chi connectivity index (χ1) is 9.34. The number of aromatic nitrogens is 2. The van der Waals surface area contributed by atoms with E-state index in [0.717, 1.165) is 31.0 Å². The lowest BCUT2D eigenvalue weighted by molar-refractivity contribution is 0.411. The predicted octanol–water partition coefficient (Wildman–Crippen LogP) is 3.16. The Morgan fingerprint density at radius 2 is 2.00 bits per heavy atom. The Bertz CT molecular complexity index is 471. The van der Waals surface area contributed by atoms with Crippen molar-refractivity contribution in [3.8, 4) is 0 Å². The summed E-state index contributed by atoms with van der Waals surface area (Å²) in [5.41, 5.74) is 2.92. The van der Waals surface area contributed by atoms with Gasteiger partial charge in [-0.2, -0.15) is 0 Å². The third-order valence-corrected chi connectivity index (χ3v) is 5.32. The van der Waals surface area contributed by atoms with Gasteiger partial charge in [-0.25, -0.2) is 4.98 Å². The number of rotatable bonds is 2. The molecule has 3 nitrogen and oxygen atoms in total. The van der Waals surface area contributed by atoms with Gasteiger partial charge < -0.3 is 9.88 Å².